The van der Waals surface area contributed by atoms with Crippen LogP contribution in [0.2, 0.25) is 0 Å². The Morgan fingerprint density at radius 3 is 2.81 bits per heavy atom. The van der Waals surface area contributed by atoms with Crippen molar-refractivity contribution in [2.75, 3.05) is 46.0 Å². The van der Waals surface area contributed by atoms with E-state index in [0.29, 0.717) is 24.8 Å². The van der Waals surface area contributed by atoms with Crippen molar-refractivity contribution >= 4 is 5.91 Å². The van der Waals surface area contributed by atoms with Crippen LogP contribution in [0.15, 0.2) is 24.3 Å². The molecule has 2 atom stereocenters. The molecule has 1 N–H and O–H groups in total. The summed E-state index contributed by atoms with van der Waals surface area (Å²) >= 11 is 0. The summed E-state index contributed by atoms with van der Waals surface area (Å²) in [7, 11) is 0. The Balaban J connectivity index is 1.55. The average molecular weight is 378 g/mol. The molecule has 0 saturated carbocycles. The first kappa shape index (κ1) is 20.2. The number of aliphatic hydroxyl groups is 1. The number of aliphatic hydroxyl groups excluding tert-OH is 1. The van der Waals surface area contributed by atoms with Crippen molar-refractivity contribution in [2.45, 2.75) is 38.1 Å². The molecule has 3 rings (SSSR count). The highest BCUT2D eigenvalue weighted by Gasteiger charge is 2.34. The van der Waals surface area contributed by atoms with Crippen LogP contribution < -0.4 is 0 Å². The molecule has 0 radical (unpaired) electrons. The third-order valence-electron chi connectivity index (χ3n) is 5.81. The van der Waals surface area contributed by atoms with Crippen LogP contribution in [0, 0.1) is 11.7 Å². The van der Waals surface area contributed by atoms with Crippen molar-refractivity contribution in [3.05, 3.63) is 35.6 Å². The zero-order valence-electron chi connectivity index (χ0n) is 16.0. The lowest BCUT2D eigenvalue weighted by molar-refractivity contribution is -0.134. The molecule has 2 heterocycles. The predicted molar refractivity (Wildman–Crippen MR) is 102 cm³/mol. The van der Waals surface area contributed by atoms with Crippen molar-refractivity contribution < 1.29 is 19.0 Å². The summed E-state index contributed by atoms with van der Waals surface area (Å²) in [5.74, 6) is 0.283. The van der Waals surface area contributed by atoms with Crippen LogP contribution in [-0.4, -0.2) is 72.9 Å². The first-order valence-corrected chi connectivity index (χ1v) is 10.1. The molecule has 5 nitrogen and oxygen atoms in total. The summed E-state index contributed by atoms with van der Waals surface area (Å²) in [6.45, 7) is 5.18. The average Bonchev–Trinajstić information content (AvgIpc) is 2.71. The highest BCUT2D eigenvalue weighted by atomic mass is 19.1. The number of likely N-dealkylation sites (tertiary alicyclic amines) is 1. The van der Waals surface area contributed by atoms with Gasteiger partial charge in [0.25, 0.3) is 0 Å². The second kappa shape index (κ2) is 10.2. The minimum atomic E-state index is -0.254. The van der Waals surface area contributed by atoms with Gasteiger partial charge < -0.3 is 14.7 Å². The summed E-state index contributed by atoms with van der Waals surface area (Å²) in [6.07, 6.45) is 3.67. The highest BCUT2D eigenvalue weighted by molar-refractivity contribution is 5.76. The van der Waals surface area contributed by atoms with E-state index >= 15 is 0 Å². The minimum absolute atomic E-state index is 0.147. The second-order valence-electron chi connectivity index (χ2n) is 7.60. The number of piperidine rings is 1. The number of nitrogens with zero attached hydrogens (tertiary/aromatic N) is 2. The van der Waals surface area contributed by atoms with E-state index in [1.165, 1.54) is 12.1 Å². The van der Waals surface area contributed by atoms with Gasteiger partial charge in [-0.2, -0.15) is 0 Å². The van der Waals surface area contributed by atoms with Crippen molar-refractivity contribution in [2.24, 2.45) is 5.92 Å². The Hall–Kier alpha value is -1.50. The Labute approximate surface area is 161 Å². The smallest absolute Gasteiger partial charge is 0.222 e. The van der Waals surface area contributed by atoms with Gasteiger partial charge in [0.1, 0.15) is 5.82 Å². The molecular weight excluding hydrogens is 347 g/mol. The number of halogens is 1. The minimum Gasteiger partial charge on any atom is -0.396 e. The lowest BCUT2D eigenvalue weighted by atomic mass is 9.86. The zero-order chi connectivity index (χ0) is 19.1. The third kappa shape index (κ3) is 5.74. The quantitative estimate of drug-likeness (QED) is 0.789. The van der Waals surface area contributed by atoms with E-state index in [2.05, 4.69) is 4.90 Å². The molecule has 2 aliphatic rings. The summed E-state index contributed by atoms with van der Waals surface area (Å²) in [5.41, 5.74) is 0.864. The summed E-state index contributed by atoms with van der Waals surface area (Å²) in [5, 5.41) is 9.26. The molecule has 27 heavy (non-hydrogen) atoms. The predicted octanol–water partition coefficient (Wildman–Crippen LogP) is 2.08. The van der Waals surface area contributed by atoms with E-state index in [1.807, 2.05) is 11.0 Å². The van der Waals surface area contributed by atoms with Gasteiger partial charge in [-0.3, -0.25) is 9.69 Å². The maximum absolute atomic E-state index is 13.3. The fourth-order valence-electron chi connectivity index (χ4n) is 4.38. The van der Waals surface area contributed by atoms with Crippen LogP contribution >= 0.6 is 0 Å². The topological polar surface area (TPSA) is 53.0 Å². The summed E-state index contributed by atoms with van der Waals surface area (Å²) in [6, 6.07) is 6.95. The van der Waals surface area contributed by atoms with Gasteiger partial charge in [0.15, 0.2) is 0 Å². The molecule has 150 valence electrons. The van der Waals surface area contributed by atoms with E-state index in [4.69, 9.17) is 4.74 Å². The van der Waals surface area contributed by atoms with Gasteiger partial charge in [-0.05, 0) is 49.3 Å². The molecular formula is C21H31FN2O3. The zero-order valence-corrected chi connectivity index (χ0v) is 16.0. The summed E-state index contributed by atoms with van der Waals surface area (Å²) < 4.78 is 18.8. The van der Waals surface area contributed by atoms with Crippen LogP contribution in [0.25, 0.3) is 0 Å². The maximum Gasteiger partial charge on any atom is 0.222 e. The Morgan fingerprint density at radius 1 is 1.26 bits per heavy atom. The van der Waals surface area contributed by atoms with E-state index in [-0.39, 0.29) is 18.3 Å². The third-order valence-corrected chi connectivity index (χ3v) is 5.81. The van der Waals surface area contributed by atoms with Crippen LogP contribution in [0.1, 0.15) is 31.2 Å². The number of morpholine rings is 1. The lowest BCUT2D eigenvalue weighted by Gasteiger charge is -2.45. The molecule has 1 aromatic carbocycles. The van der Waals surface area contributed by atoms with Crippen LogP contribution in [-0.2, 0) is 16.0 Å². The molecule has 0 spiro atoms. The number of hydrogen-bond acceptors (Lipinski definition) is 4. The fraction of sp³-hybridized carbons (Fsp3) is 0.667. The maximum atomic E-state index is 13.3. The molecule has 2 fully saturated rings. The number of benzene rings is 1. The normalized spacial score (nSPS) is 24.1. The molecule has 2 aliphatic heterocycles. The summed E-state index contributed by atoms with van der Waals surface area (Å²) in [4.78, 5) is 17.2. The fourth-order valence-corrected chi connectivity index (χ4v) is 4.38. The van der Waals surface area contributed by atoms with E-state index in [0.717, 1.165) is 64.2 Å². The van der Waals surface area contributed by atoms with Crippen LogP contribution in [0.4, 0.5) is 4.39 Å². The molecule has 6 heteroatoms. The molecule has 0 aliphatic carbocycles. The largest absolute Gasteiger partial charge is 0.396 e. The first-order valence-electron chi connectivity index (χ1n) is 10.1. The Bertz CT molecular complexity index is 607. The number of aryl methyl sites for hydroxylation is 1. The second-order valence-corrected chi connectivity index (χ2v) is 7.60. The molecule has 1 aromatic rings. The SMILES string of the molecule is O=C(CCc1cccc(F)c1)N1CC[C@H](N2CCOCC2)[C@H](CCCO)C1. The van der Waals surface area contributed by atoms with Gasteiger partial charge in [-0.1, -0.05) is 12.1 Å². The van der Waals surface area contributed by atoms with E-state index < -0.39 is 0 Å². The Morgan fingerprint density at radius 2 is 2.07 bits per heavy atom. The van der Waals surface area contributed by atoms with Gasteiger partial charge >= 0.3 is 0 Å². The van der Waals surface area contributed by atoms with E-state index in [1.54, 1.807) is 6.07 Å². The van der Waals surface area contributed by atoms with Crippen LogP contribution in [0.3, 0.4) is 0 Å². The Kier molecular flexibility index (Phi) is 7.61. The number of hydrogen-bond donors (Lipinski definition) is 1. The van der Waals surface area contributed by atoms with Gasteiger partial charge in [0.05, 0.1) is 13.2 Å². The number of amides is 1. The standard InChI is InChI=1S/C21H31FN2O3/c22-19-5-1-3-17(15-19)6-7-21(26)24-9-8-20(18(16-24)4-2-12-25)23-10-13-27-14-11-23/h1,3,5,15,18,20,25H,2,4,6-14,16H2/t18-,20+/m1/s1. The van der Waals surface area contributed by atoms with Crippen molar-refractivity contribution in [1.29, 1.82) is 0 Å². The van der Waals surface area contributed by atoms with Crippen molar-refractivity contribution in [3.8, 4) is 0 Å². The molecule has 2 saturated heterocycles. The van der Waals surface area contributed by atoms with Gasteiger partial charge in [-0.15, -0.1) is 0 Å². The first-order chi connectivity index (χ1) is 13.2. The number of rotatable bonds is 7. The highest BCUT2D eigenvalue weighted by Crippen LogP contribution is 2.27. The van der Waals surface area contributed by atoms with Crippen LogP contribution in [0.5, 0.6) is 0 Å². The number of carbonyl (C=O) groups excluding carboxylic acids is 1. The molecule has 0 aromatic heterocycles. The van der Waals surface area contributed by atoms with Crippen molar-refractivity contribution in [1.82, 2.24) is 9.80 Å². The number of ether oxygens (including phenoxy) is 1. The lowest BCUT2D eigenvalue weighted by Crippen LogP contribution is -2.55. The van der Waals surface area contributed by atoms with Gasteiger partial charge in [0, 0.05) is 45.2 Å². The van der Waals surface area contributed by atoms with Crippen molar-refractivity contribution in [3.63, 3.8) is 0 Å². The van der Waals surface area contributed by atoms with Gasteiger partial charge in [-0.25, -0.2) is 4.39 Å². The molecule has 0 bridgehead atoms. The monoisotopic (exact) mass is 378 g/mol. The number of carbonyl (C=O) groups is 1. The molecule has 1 amide bonds. The van der Waals surface area contributed by atoms with E-state index in [9.17, 15) is 14.3 Å². The van der Waals surface area contributed by atoms with Gasteiger partial charge in [0.2, 0.25) is 5.91 Å². The molecule has 0 unspecified atom stereocenters.